The van der Waals surface area contributed by atoms with E-state index in [1.54, 1.807) is 0 Å². The average Bonchev–Trinajstić information content (AvgIpc) is 0.804. The summed E-state index contributed by atoms with van der Waals surface area (Å²) in [6.07, 6.45) is 0. The molecule has 0 saturated heterocycles. The molecule has 18 aromatic carbocycles. The van der Waals surface area contributed by atoms with Crippen molar-refractivity contribution in [3.05, 3.63) is 491 Å². The third kappa shape index (κ3) is 17.8. The lowest BCUT2D eigenvalue weighted by Crippen LogP contribution is -2.13. The summed E-state index contributed by atoms with van der Waals surface area (Å²) in [5.41, 5.74) is 25.6. The largest absolute Gasteiger partial charge is 0.311 e. The average molecular weight is 1560 g/mol. The van der Waals surface area contributed by atoms with E-state index in [0.717, 1.165) is 154 Å². The first-order valence-corrected chi connectivity index (χ1v) is 40.2. The van der Waals surface area contributed by atoms with E-state index in [4.69, 9.17) is 30.7 Å². The predicted molar refractivity (Wildman–Crippen MR) is 501 cm³/mol. The van der Waals surface area contributed by atoms with E-state index in [-0.39, 0.29) is 0 Å². The third-order valence-corrected chi connectivity index (χ3v) is 20.7. The first-order chi connectivity index (χ1) is 60.0. The Balaban J connectivity index is 0.639. The number of hydrogen-bond acceptors (Lipinski definition) is 13. The highest BCUT2D eigenvalue weighted by Gasteiger charge is 2.22. The van der Waals surface area contributed by atoms with Crippen LogP contribution < -0.4 is 34.3 Å². The standard InChI is InChI=1S/C108H81N13/c1-10-28-88(29-11-1)115(89-30-12-2-13-31-89)97-58-46-82(47-59-97)109-112-85-52-64-100(65-53-85)118(94-40-22-7-23-41-94)103-70-76-106(77-71-103)121(107-78-72-104(73-79-107)119(95-42-24-8-25-43-95)101-66-54-86(55-67-101)113-110-83-48-60-98(61-49-83)116(90-32-14-3-15-33-90)91-34-16-4-17-35-91)108-80-74-105(75-81-108)120(96-44-26-9-27-45-96)102-68-56-87(57-69-102)114-111-84-50-62-99(63-51-84)117(92-36-18-5-19-37-92)93-38-20-6-21-39-93/h1-81H. The van der Waals surface area contributed by atoms with Crippen LogP contribution in [0.4, 0.5) is 154 Å². The van der Waals surface area contributed by atoms with Crippen LogP contribution in [0.25, 0.3) is 0 Å². The number of anilines is 21. The van der Waals surface area contributed by atoms with Gasteiger partial charge in [0.15, 0.2) is 0 Å². The summed E-state index contributed by atoms with van der Waals surface area (Å²) < 4.78 is 0. The highest BCUT2D eigenvalue weighted by Crippen LogP contribution is 2.46. The fourth-order valence-corrected chi connectivity index (χ4v) is 14.9. The molecule has 0 amide bonds. The molecule has 0 bridgehead atoms. The summed E-state index contributed by atoms with van der Waals surface area (Å²) in [6, 6.07) is 169. The Labute approximate surface area is 705 Å². The van der Waals surface area contributed by atoms with Gasteiger partial charge in [-0.05, 0) is 328 Å². The molecule has 578 valence electrons. The van der Waals surface area contributed by atoms with Gasteiger partial charge in [-0.25, -0.2) is 0 Å². The lowest BCUT2D eigenvalue weighted by molar-refractivity contribution is 1.21. The van der Waals surface area contributed by atoms with Crippen LogP contribution in [-0.4, -0.2) is 0 Å². The van der Waals surface area contributed by atoms with Crippen molar-refractivity contribution in [2.24, 2.45) is 30.7 Å². The van der Waals surface area contributed by atoms with Crippen LogP contribution in [0.15, 0.2) is 522 Å². The summed E-state index contributed by atoms with van der Waals surface area (Å²) in [6.45, 7) is 0. The molecule has 0 aliphatic carbocycles. The van der Waals surface area contributed by atoms with Crippen molar-refractivity contribution in [2.75, 3.05) is 34.3 Å². The van der Waals surface area contributed by atoms with Crippen molar-refractivity contribution < 1.29 is 0 Å². The van der Waals surface area contributed by atoms with E-state index in [1.165, 1.54) is 0 Å². The molecule has 13 heteroatoms. The Bertz CT molecular complexity index is 5660. The maximum absolute atomic E-state index is 4.73. The normalized spacial score (nSPS) is 11.2. The molecule has 0 radical (unpaired) electrons. The molecule has 0 N–H and O–H groups in total. The topological polar surface area (TPSA) is 96.8 Å². The molecule has 0 aromatic heterocycles. The van der Waals surface area contributed by atoms with Gasteiger partial charge >= 0.3 is 0 Å². The quantitative estimate of drug-likeness (QED) is 0.0473. The van der Waals surface area contributed by atoms with E-state index in [0.29, 0.717) is 0 Å². The van der Waals surface area contributed by atoms with E-state index < -0.39 is 0 Å². The van der Waals surface area contributed by atoms with Gasteiger partial charge in [0.2, 0.25) is 0 Å². The zero-order chi connectivity index (χ0) is 81.1. The van der Waals surface area contributed by atoms with Gasteiger partial charge in [-0.1, -0.05) is 164 Å². The number of rotatable bonds is 27. The lowest BCUT2D eigenvalue weighted by atomic mass is 10.1. The maximum Gasteiger partial charge on any atom is 0.0858 e. The Morgan fingerprint density at radius 3 is 0.248 bits per heavy atom. The van der Waals surface area contributed by atoms with Crippen LogP contribution >= 0.6 is 0 Å². The first kappa shape index (κ1) is 75.7. The summed E-state index contributed by atoms with van der Waals surface area (Å²) >= 11 is 0. The number of nitrogens with zero attached hydrogens (tertiary/aromatic N) is 13. The Hall–Kier alpha value is -16.6. The van der Waals surface area contributed by atoms with E-state index in [9.17, 15) is 0 Å². The molecule has 121 heavy (non-hydrogen) atoms. The van der Waals surface area contributed by atoms with Gasteiger partial charge in [0.25, 0.3) is 0 Å². The van der Waals surface area contributed by atoms with Gasteiger partial charge in [-0.15, -0.1) is 0 Å². The van der Waals surface area contributed by atoms with Gasteiger partial charge in [-0.2, -0.15) is 30.7 Å². The fraction of sp³-hybridized carbons (Fsp3) is 0. The van der Waals surface area contributed by atoms with Gasteiger partial charge in [0.05, 0.1) is 34.1 Å². The minimum absolute atomic E-state index is 0.730. The zero-order valence-electron chi connectivity index (χ0n) is 66.1. The van der Waals surface area contributed by atoms with Crippen LogP contribution in [0.1, 0.15) is 0 Å². The van der Waals surface area contributed by atoms with E-state index >= 15 is 0 Å². The minimum Gasteiger partial charge on any atom is -0.311 e. The maximum atomic E-state index is 4.73. The van der Waals surface area contributed by atoms with Crippen LogP contribution in [0.3, 0.4) is 0 Å². The van der Waals surface area contributed by atoms with Crippen molar-refractivity contribution in [2.45, 2.75) is 0 Å². The molecule has 0 atom stereocenters. The Morgan fingerprint density at radius 1 is 0.0826 bits per heavy atom. The number of azo groups is 3. The van der Waals surface area contributed by atoms with Gasteiger partial charge in [-0.3, -0.25) is 0 Å². The predicted octanol–water partition coefficient (Wildman–Crippen LogP) is 33.2. The van der Waals surface area contributed by atoms with Crippen molar-refractivity contribution >= 4 is 154 Å². The SMILES string of the molecule is c1ccc(N(c2ccccc2)c2ccc(N=Nc3ccc(N(c4ccccc4)c4ccc(N(c5ccc(N(c6ccccc6)c6ccc(N=Nc7ccc(N(c8ccccc8)c8ccccc8)cc7)cc6)cc5)c5ccc(N(c6ccccc6)c6ccc(N=Nc7ccc(N(c8ccccc8)c8ccccc8)cc7)cc6)cc5)cc4)cc3)cc2)cc1. The zero-order valence-corrected chi connectivity index (χ0v) is 66.1. The molecular weight excluding hydrogens is 1480 g/mol. The second-order valence-corrected chi connectivity index (χ2v) is 28.6. The molecule has 13 nitrogen and oxygen atoms in total. The lowest BCUT2D eigenvalue weighted by Gasteiger charge is -2.30. The highest BCUT2D eigenvalue weighted by atomic mass is 15.2. The van der Waals surface area contributed by atoms with Gasteiger partial charge < -0.3 is 34.3 Å². The summed E-state index contributed by atoms with van der Waals surface area (Å²) in [4.78, 5) is 15.8. The summed E-state index contributed by atoms with van der Waals surface area (Å²) in [5, 5.41) is 28.3. The smallest absolute Gasteiger partial charge is 0.0858 e. The first-order valence-electron chi connectivity index (χ1n) is 40.2. The van der Waals surface area contributed by atoms with Gasteiger partial charge in [0.1, 0.15) is 0 Å². The monoisotopic (exact) mass is 1560 g/mol. The van der Waals surface area contributed by atoms with Crippen LogP contribution in [0.2, 0.25) is 0 Å². The summed E-state index contributed by atoms with van der Waals surface area (Å²) in [5.74, 6) is 0. The molecule has 0 unspecified atom stereocenters. The van der Waals surface area contributed by atoms with Crippen LogP contribution in [0.5, 0.6) is 0 Å². The van der Waals surface area contributed by atoms with Crippen molar-refractivity contribution in [1.29, 1.82) is 0 Å². The van der Waals surface area contributed by atoms with Crippen LogP contribution in [0, 0.1) is 0 Å². The molecule has 18 rings (SSSR count). The number of para-hydroxylation sites is 9. The molecular formula is C108H81N13. The molecule has 18 aromatic rings. The fourth-order valence-electron chi connectivity index (χ4n) is 14.9. The molecule has 0 aliphatic heterocycles. The molecule has 0 saturated carbocycles. The second kappa shape index (κ2) is 36.5. The Kier molecular flexibility index (Phi) is 22.8. The van der Waals surface area contributed by atoms with Gasteiger partial charge in [0, 0.05) is 119 Å². The number of benzene rings is 18. The second-order valence-electron chi connectivity index (χ2n) is 28.6. The van der Waals surface area contributed by atoms with E-state index in [1.807, 2.05) is 127 Å². The third-order valence-electron chi connectivity index (χ3n) is 20.7. The Morgan fingerprint density at radius 2 is 0.157 bits per heavy atom. The van der Waals surface area contributed by atoms with E-state index in [2.05, 4.69) is 398 Å². The highest BCUT2D eigenvalue weighted by molar-refractivity contribution is 5.87. The molecule has 0 aliphatic rings. The van der Waals surface area contributed by atoms with Crippen molar-refractivity contribution in [1.82, 2.24) is 0 Å². The minimum atomic E-state index is 0.730. The van der Waals surface area contributed by atoms with Crippen LogP contribution in [-0.2, 0) is 0 Å². The summed E-state index contributed by atoms with van der Waals surface area (Å²) in [7, 11) is 0. The van der Waals surface area contributed by atoms with Crippen molar-refractivity contribution in [3.8, 4) is 0 Å². The molecule has 0 heterocycles. The number of hydrogen-bond donors (Lipinski definition) is 0. The molecule has 0 fully saturated rings. The van der Waals surface area contributed by atoms with Crippen molar-refractivity contribution in [3.63, 3.8) is 0 Å². The molecule has 0 spiro atoms.